The molecule has 0 aliphatic heterocycles. The largest absolute Gasteiger partial charge is 0.385 e. The van der Waals surface area contributed by atoms with Crippen LogP contribution in [0.25, 0.3) is 0 Å². The van der Waals surface area contributed by atoms with Crippen molar-refractivity contribution in [2.75, 3.05) is 0 Å². The van der Waals surface area contributed by atoms with Crippen LogP contribution >= 0.6 is 0 Å². The maximum absolute atomic E-state index is 12.5. The van der Waals surface area contributed by atoms with Crippen LogP contribution in [0.2, 0.25) is 0 Å². The van der Waals surface area contributed by atoms with E-state index in [1.54, 1.807) is 12.1 Å². The van der Waals surface area contributed by atoms with E-state index >= 15 is 0 Å². The third-order valence-electron chi connectivity index (χ3n) is 2.90. The van der Waals surface area contributed by atoms with E-state index in [2.05, 4.69) is 0 Å². The molecule has 0 heterocycles. The van der Waals surface area contributed by atoms with Crippen LogP contribution in [0.4, 0.5) is 8.78 Å². The van der Waals surface area contributed by atoms with Crippen LogP contribution in [0.15, 0.2) is 24.3 Å². The van der Waals surface area contributed by atoms with Crippen molar-refractivity contribution in [1.29, 1.82) is 0 Å². The monoisotopic (exact) mass is 214 g/mol. The van der Waals surface area contributed by atoms with Gasteiger partial charge in [0.05, 0.1) is 5.60 Å². The van der Waals surface area contributed by atoms with Gasteiger partial charge in [0.2, 0.25) is 6.43 Å². The lowest BCUT2D eigenvalue weighted by atomic mass is 9.84. The van der Waals surface area contributed by atoms with Gasteiger partial charge >= 0.3 is 0 Å². The van der Waals surface area contributed by atoms with Gasteiger partial charge in [-0.3, -0.25) is 0 Å². The Labute approximate surface area is 88.7 Å². The number of aliphatic hydroxyl groups is 1. The van der Waals surface area contributed by atoms with Gasteiger partial charge in [-0.05, 0) is 19.4 Å². The summed E-state index contributed by atoms with van der Waals surface area (Å²) in [5, 5.41) is 10.0. The van der Waals surface area contributed by atoms with Crippen molar-refractivity contribution >= 4 is 0 Å². The van der Waals surface area contributed by atoms with Gasteiger partial charge < -0.3 is 5.11 Å². The van der Waals surface area contributed by atoms with E-state index in [1.807, 2.05) is 19.1 Å². The fourth-order valence-electron chi connectivity index (χ4n) is 1.40. The molecule has 0 aromatic heterocycles. The molecule has 0 aliphatic carbocycles. The molecular formula is C12H16F2O. The van der Waals surface area contributed by atoms with Crippen LogP contribution in [0.1, 0.15) is 25.0 Å². The Morgan fingerprint density at radius 3 is 2.07 bits per heavy atom. The highest BCUT2D eigenvalue weighted by atomic mass is 19.3. The van der Waals surface area contributed by atoms with Crippen molar-refractivity contribution < 1.29 is 13.9 Å². The topological polar surface area (TPSA) is 20.2 Å². The van der Waals surface area contributed by atoms with Crippen molar-refractivity contribution in [1.82, 2.24) is 0 Å². The minimum atomic E-state index is -2.53. The summed E-state index contributed by atoms with van der Waals surface area (Å²) in [5.41, 5.74) is 0.0853. The normalized spacial score (nSPS) is 17.5. The van der Waals surface area contributed by atoms with Crippen molar-refractivity contribution in [2.45, 2.75) is 32.8 Å². The van der Waals surface area contributed by atoms with E-state index in [9.17, 15) is 13.9 Å². The molecule has 1 nitrogen and oxygen atoms in total. The second-order valence-corrected chi connectivity index (χ2v) is 4.14. The molecule has 2 atom stereocenters. The van der Waals surface area contributed by atoms with E-state index in [0.29, 0.717) is 5.56 Å². The van der Waals surface area contributed by atoms with Crippen molar-refractivity contribution in [3.05, 3.63) is 35.4 Å². The van der Waals surface area contributed by atoms with E-state index in [4.69, 9.17) is 0 Å². The third kappa shape index (κ3) is 2.53. The second kappa shape index (κ2) is 4.27. The van der Waals surface area contributed by atoms with E-state index in [0.717, 1.165) is 5.56 Å². The highest BCUT2D eigenvalue weighted by Gasteiger charge is 2.36. The minimum Gasteiger partial charge on any atom is -0.385 e. The smallest absolute Gasteiger partial charge is 0.244 e. The molecule has 0 aliphatic rings. The Hall–Kier alpha value is -0.960. The maximum atomic E-state index is 12.5. The number of halogens is 2. The Morgan fingerprint density at radius 2 is 1.67 bits per heavy atom. The summed E-state index contributed by atoms with van der Waals surface area (Å²) in [6.07, 6.45) is -2.53. The average Bonchev–Trinajstić information content (AvgIpc) is 2.17. The van der Waals surface area contributed by atoms with Gasteiger partial charge in [-0.15, -0.1) is 0 Å². The summed E-state index contributed by atoms with van der Waals surface area (Å²) in [6.45, 7) is 4.69. The zero-order valence-electron chi connectivity index (χ0n) is 9.17. The first-order valence-electron chi connectivity index (χ1n) is 4.93. The molecule has 2 unspecified atom stereocenters. The first-order chi connectivity index (χ1) is 6.85. The molecule has 1 rings (SSSR count). The molecule has 1 aromatic carbocycles. The van der Waals surface area contributed by atoms with E-state index in [-0.39, 0.29) is 0 Å². The predicted molar refractivity (Wildman–Crippen MR) is 55.9 cm³/mol. The molecule has 1 N–H and O–H groups in total. The van der Waals surface area contributed by atoms with Gasteiger partial charge in [-0.25, -0.2) is 8.78 Å². The number of hydrogen-bond donors (Lipinski definition) is 1. The van der Waals surface area contributed by atoms with E-state index < -0.39 is 17.9 Å². The average molecular weight is 214 g/mol. The SMILES string of the molecule is Cc1ccc(C(C)(O)C(C)C(F)F)cc1. The number of benzene rings is 1. The van der Waals surface area contributed by atoms with Crippen LogP contribution in [-0.4, -0.2) is 11.5 Å². The summed E-state index contributed by atoms with van der Waals surface area (Å²) >= 11 is 0. The first-order valence-corrected chi connectivity index (χ1v) is 4.93. The molecule has 0 bridgehead atoms. The van der Waals surface area contributed by atoms with Crippen LogP contribution in [0.5, 0.6) is 0 Å². The summed E-state index contributed by atoms with van der Waals surface area (Å²) in [4.78, 5) is 0. The van der Waals surface area contributed by atoms with Gasteiger partial charge in [0.15, 0.2) is 0 Å². The summed E-state index contributed by atoms with van der Waals surface area (Å²) in [6, 6.07) is 6.99. The number of hydrogen-bond acceptors (Lipinski definition) is 1. The standard InChI is InChI=1S/C12H16F2O/c1-8-4-6-10(7-5-8)12(3,15)9(2)11(13)14/h4-7,9,11,15H,1-3H3. The number of alkyl halides is 2. The molecule has 0 saturated heterocycles. The molecule has 0 radical (unpaired) electrons. The summed E-state index contributed by atoms with van der Waals surface area (Å²) < 4.78 is 25.1. The van der Waals surface area contributed by atoms with Gasteiger partial charge in [0.25, 0.3) is 0 Å². The molecule has 0 saturated carbocycles. The predicted octanol–water partition coefficient (Wildman–Crippen LogP) is 3.10. The van der Waals surface area contributed by atoms with Crippen molar-refractivity contribution in [3.8, 4) is 0 Å². The zero-order valence-corrected chi connectivity index (χ0v) is 9.17. The van der Waals surface area contributed by atoms with E-state index in [1.165, 1.54) is 13.8 Å². The molecule has 0 amide bonds. The Balaban J connectivity index is 2.99. The number of aryl methyl sites for hydroxylation is 1. The lowest BCUT2D eigenvalue weighted by Crippen LogP contribution is -2.34. The zero-order chi connectivity index (χ0) is 11.6. The lowest BCUT2D eigenvalue weighted by molar-refractivity contribution is -0.0696. The highest BCUT2D eigenvalue weighted by molar-refractivity contribution is 5.26. The molecule has 1 aromatic rings. The molecule has 15 heavy (non-hydrogen) atoms. The van der Waals surface area contributed by atoms with Gasteiger partial charge in [-0.2, -0.15) is 0 Å². The molecule has 0 fully saturated rings. The molecule has 84 valence electrons. The third-order valence-corrected chi connectivity index (χ3v) is 2.90. The fraction of sp³-hybridized carbons (Fsp3) is 0.500. The first kappa shape index (κ1) is 12.1. The Bertz CT molecular complexity index is 317. The molecule has 0 spiro atoms. The van der Waals surface area contributed by atoms with Crippen molar-refractivity contribution in [2.24, 2.45) is 5.92 Å². The van der Waals surface area contributed by atoms with Crippen LogP contribution in [-0.2, 0) is 5.60 Å². The Kier molecular flexibility index (Phi) is 3.45. The van der Waals surface area contributed by atoms with Crippen molar-refractivity contribution in [3.63, 3.8) is 0 Å². The fourth-order valence-corrected chi connectivity index (χ4v) is 1.40. The summed E-state index contributed by atoms with van der Waals surface area (Å²) in [5.74, 6) is -1.08. The second-order valence-electron chi connectivity index (χ2n) is 4.14. The van der Waals surface area contributed by atoms with Crippen LogP contribution in [0, 0.1) is 12.8 Å². The molecule has 3 heteroatoms. The summed E-state index contributed by atoms with van der Waals surface area (Å²) in [7, 11) is 0. The minimum absolute atomic E-state index is 0.529. The quantitative estimate of drug-likeness (QED) is 0.819. The van der Waals surface area contributed by atoms with Crippen LogP contribution < -0.4 is 0 Å². The highest BCUT2D eigenvalue weighted by Crippen LogP contribution is 2.33. The maximum Gasteiger partial charge on any atom is 0.244 e. The molecular weight excluding hydrogens is 198 g/mol. The van der Waals surface area contributed by atoms with Gasteiger partial charge in [0, 0.05) is 5.92 Å². The Morgan fingerprint density at radius 1 is 1.20 bits per heavy atom. The lowest BCUT2D eigenvalue weighted by Gasteiger charge is -2.30. The van der Waals surface area contributed by atoms with Crippen LogP contribution in [0.3, 0.4) is 0 Å². The van der Waals surface area contributed by atoms with Gasteiger partial charge in [-0.1, -0.05) is 36.8 Å². The number of rotatable bonds is 3. The van der Waals surface area contributed by atoms with Gasteiger partial charge in [0.1, 0.15) is 0 Å².